The van der Waals surface area contributed by atoms with Gasteiger partial charge < -0.3 is 14.5 Å². The van der Waals surface area contributed by atoms with Crippen LogP contribution in [0.1, 0.15) is 24.8 Å². The molecule has 1 aliphatic carbocycles. The van der Waals surface area contributed by atoms with E-state index in [-0.39, 0.29) is 23.7 Å². The van der Waals surface area contributed by atoms with E-state index >= 15 is 0 Å². The first kappa shape index (κ1) is 17.8. The van der Waals surface area contributed by atoms with Gasteiger partial charge in [-0.3, -0.25) is 9.59 Å². The fraction of sp³-hybridized carbons (Fsp3) is 0.600. The summed E-state index contributed by atoms with van der Waals surface area (Å²) >= 11 is 0. The average molecular weight is 344 g/mol. The number of amides is 2. The van der Waals surface area contributed by atoms with Gasteiger partial charge in [0.1, 0.15) is 5.75 Å². The Morgan fingerprint density at radius 1 is 1.20 bits per heavy atom. The van der Waals surface area contributed by atoms with Gasteiger partial charge in [0.15, 0.2) is 0 Å². The molecule has 0 bridgehead atoms. The molecule has 1 saturated carbocycles. The smallest absolute Gasteiger partial charge is 0.226 e. The summed E-state index contributed by atoms with van der Waals surface area (Å²) in [5.41, 5.74) is 1.29. The quantitative estimate of drug-likeness (QED) is 0.823. The van der Waals surface area contributed by atoms with Crippen LogP contribution >= 0.6 is 0 Å². The van der Waals surface area contributed by atoms with E-state index in [4.69, 9.17) is 4.74 Å². The van der Waals surface area contributed by atoms with Gasteiger partial charge in [0.2, 0.25) is 11.8 Å². The van der Waals surface area contributed by atoms with Crippen LogP contribution in [-0.4, -0.2) is 55.9 Å². The topological polar surface area (TPSA) is 49.9 Å². The van der Waals surface area contributed by atoms with Gasteiger partial charge in [-0.25, -0.2) is 0 Å². The van der Waals surface area contributed by atoms with Crippen LogP contribution < -0.4 is 4.74 Å². The largest absolute Gasteiger partial charge is 0.497 e. The minimum Gasteiger partial charge on any atom is -0.497 e. The van der Waals surface area contributed by atoms with E-state index in [2.05, 4.69) is 12.1 Å². The van der Waals surface area contributed by atoms with E-state index in [1.54, 1.807) is 26.1 Å². The van der Waals surface area contributed by atoms with E-state index in [9.17, 15) is 9.59 Å². The molecule has 1 saturated heterocycles. The highest BCUT2D eigenvalue weighted by atomic mass is 16.5. The predicted octanol–water partition coefficient (Wildman–Crippen LogP) is 2.20. The van der Waals surface area contributed by atoms with Crippen LogP contribution in [0.15, 0.2) is 24.3 Å². The minimum atomic E-state index is -0.0861. The molecule has 2 atom stereocenters. The van der Waals surface area contributed by atoms with Crippen molar-refractivity contribution < 1.29 is 14.3 Å². The maximum Gasteiger partial charge on any atom is 0.226 e. The predicted molar refractivity (Wildman–Crippen MR) is 96.3 cm³/mol. The Hall–Kier alpha value is -2.04. The molecule has 1 aromatic carbocycles. The van der Waals surface area contributed by atoms with Crippen molar-refractivity contribution in [1.29, 1.82) is 0 Å². The number of piperidine rings is 1. The van der Waals surface area contributed by atoms with Crippen LogP contribution in [0, 0.1) is 17.8 Å². The molecule has 2 fully saturated rings. The van der Waals surface area contributed by atoms with Crippen molar-refractivity contribution in [2.24, 2.45) is 17.8 Å². The Morgan fingerprint density at radius 2 is 1.92 bits per heavy atom. The fourth-order valence-electron chi connectivity index (χ4n) is 3.80. The summed E-state index contributed by atoms with van der Waals surface area (Å²) in [7, 11) is 5.20. The molecule has 0 N–H and O–H groups in total. The second-order valence-electron chi connectivity index (χ2n) is 7.51. The average Bonchev–Trinajstić information content (AvgIpc) is 3.42. The van der Waals surface area contributed by atoms with E-state index in [1.807, 2.05) is 17.0 Å². The Kier molecular flexibility index (Phi) is 5.30. The molecule has 0 aromatic heterocycles. The summed E-state index contributed by atoms with van der Waals surface area (Å²) in [5.74, 6) is 1.61. The van der Waals surface area contributed by atoms with Crippen LogP contribution in [0.3, 0.4) is 0 Å². The molecule has 2 aliphatic rings. The number of carbonyl (C=O) groups is 2. The first-order chi connectivity index (χ1) is 12.0. The van der Waals surface area contributed by atoms with Crippen molar-refractivity contribution in [2.75, 3.05) is 34.3 Å². The fourth-order valence-corrected chi connectivity index (χ4v) is 3.80. The summed E-state index contributed by atoms with van der Waals surface area (Å²) in [6.07, 6.45) is 3.81. The maximum atomic E-state index is 12.6. The first-order valence-electron chi connectivity index (χ1n) is 9.12. The summed E-state index contributed by atoms with van der Waals surface area (Å²) in [6.45, 7) is 1.62. The summed E-state index contributed by atoms with van der Waals surface area (Å²) in [5, 5.41) is 0. The third-order valence-electron chi connectivity index (χ3n) is 5.45. The van der Waals surface area contributed by atoms with Crippen LogP contribution in [0.25, 0.3) is 0 Å². The first-order valence-corrected chi connectivity index (χ1v) is 9.12. The summed E-state index contributed by atoms with van der Waals surface area (Å²) in [4.78, 5) is 28.1. The van der Waals surface area contributed by atoms with Crippen molar-refractivity contribution in [1.82, 2.24) is 9.80 Å². The number of hydrogen-bond acceptors (Lipinski definition) is 3. The molecular weight excluding hydrogens is 316 g/mol. The number of carbonyl (C=O) groups excluding carboxylic acids is 2. The maximum absolute atomic E-state index is 12.6. The van der Waals surface area contributed by atoms with Gasteiger partial charge in [-0.15, -0.1) is 0 Å². The Bertz CT molecular complexity index is 636. The number of likely N-dealkylation sites (tertiary alicyclic amines) is 1. The number of rotatable bonds is 5. The molecule has 3 rings (SSSR count). The van der Waals surface area contributed by atoms with Gasteiger partial charge in [0.05, 0.1) is 18.9 Å². The van der Waals surface area contributed by atoms with Gasteiger partial charge in [-0.1, -0.05) is 12.1 Å². The zero-order valence-corrected chi connectivity index (χ0v) is 15.4. The van der Waals surface area contributed by atoms with Gasteiger partial charge in [-0.05, 0) is 49.3 Å². The van der Waals surface area contributed by atoms with Crippen LogP contribution in [0.5, 0.6) is 5.75 Å². The van der Waals surface area contributed by atoms with Gasteiger partial charge in [-0.2, -0.15) is 0 Å². The zero-order valence-electron chi connectivity index (χ0n) is 15.4. The second-order valence-corrected chi connectivity index (χ2v) is 7.51. The van der Waals surface area contributed by atoms with Gasteiger partial charge in [0.25, 0.3) is 0 Å². The second kappa shape index (κ2) is 7.46. The van der Waals surface area contributed by atoms with Crippen molar-refractivity contribution >= 4 is 11.8 Å². The Labute approximate surface area is 149 Å². The number of benzene rings is 1. The highest BCUT2D eigenvalue weighted by molar-refractivity contribution is 5.92. The van der Waals surface area contributed by atoms with E-state index in [1.165, 1.54) is 5.56 Å². The number of nitrogens with zero attached hydrogens (tertiary/aromatic N) is 2. The van der Waals surface area contributed by atoms with Crippen LogP contribution in [0.2, 0.25) is 0 Å². The number of methoxy groups -OCH3 is 1. The van der Waals surface area contributed by atoms with Gasteiger partial charge in [0, 0.05) is 27.2 Å². The van der Waals surface area contributed by atoms with E-state index in [0.29, 0.717) is 5.92 Å². The molecule has 0 radical (unpaired) electrons. The SMILES string of the molecule is COc1cccc(CC2CCN(C(=O)[C@H]3C[C@H]3C(=O)N(C)C)CC2)c1. The normalized spacial score (nSPS) is 23.2. The highest BCUT2D eigenvalue weighted by Crippen LogP contribution is 2.41. The number of hydrogen-bond donors (Lipinski definition) is 0. The van der Waals surface area contributed by atoms with Crippen LogP contribution in [0.4, 0.5) is 0 Å². The molecular formula is C20H28N2O3. The lowest BCUT2D eigenvalue weighted by molar-refractivity contribution is -0.137. The molecule has 5 heteroatoms. The summed E-state index contributed by atoms with van der Waals surface area (Å²) < 4.78 is 5.29. The third kappa shape index (κ3) is 4.14. The lowest BCUT2D eigenvalue weighted by atomic mass is 9.90. The molecule has 1 aliphatic heterocycles. The molecule has 5 nitrogen and oxygen atoms in total. The molecule has 0 unspecified atom stereocenters. The van der Waals surface area contributed by atoms with Crippen molar-refractivity contribution in [3.63, 3.8) is 0 Å². The van der Waals surface area contributed by atoms with E-state index in [0.717, 1.165) is 44.5 Å². The molecule has 136 valence electrons. The Morgan fingerprint density at radius 3 is 2.56 bits per heavy atom. The standard InChI is InChI=1S/C20H28N2O3/c1-21(2)19(23)17-13-18(17)20(24)22-9-7-14(8-10-22)11-15-5-4-6-16(12-15)25-3/h4-6,12,14,17-18H,7-11,13H2,1-3H3/t17-,18+/m1/s1. The van der Waals surface area contributed by atoms with Crippen molar-refractivity contribution in [2.45, 2.75) is 25.7 Å². The zero-order chi connectivity index (χ0) is 18.0. The van der Waals surface area contributed by atoms with Crippen molar-refractivity contribution in [3.8, 4) is 5.75 Å². The molecule has 1 aromatic rings. The van der Waals surface area contributed by atoms with Gasteiger partial charge >= 0.3 is 0 Å². The highest BCUT2D eigenvalue weighted by Gasteiger charge is 2.50. The molecule has 2 amide bonds. The molecule has 0 spiro atoms. The summed E-state index contributed by atoms with van der Waals surface area (Å²) in [6, 6.07) is 8.23. The molecule has 25 heavy (non-hydrogen) atoms. The Balaban J connectivity index is 1.47. The third-order valence-corrected chi connectivity index (χ3v) is 5.45. The minimum absolute atomic E-state index is 0.0789. The van der Waals surface area contributed by atoms with E-state index < -0.39 is 0 Å². The number of ether oxygens (including phenoxy) is 1. The lowest BCUT2D eigenvalue weighted by Gasteiger charge is -2.32. The lowest BCUT2D eigenvalue weighted by Crippen LogP contribution is -2.40. The monoisotopic (exact) mass is 344 g/mol. The van der Waals surface area contributed by atoms with Crippen LogP contribution in [-0.2, 0) is 16.0 Å². The van der Waals surface area contributed by atoms with Crippen molar-refractivity contribution in [3.05, 3.63) is 29.8 Å². The molecule has 1 heterocycles.